The smallest absolute Gasteiger partial charge is 0.223 e. The van der Waals surface area contributed by atoms with Crippen LogP contribution in [0.2, 0.25) is 0 Å². The van der Waals surface area contributed by atoms with E-state index in [0.29, 0.717) is 0 Å². The van der Waals surface area contributed by atoms with Gasteiger partial charge >= 0.3 is 0 Å². The maximum atomic E-state index is 4.43. The van der Waals surface area contributed by atoms with Crippen molar-refractivity contribution in [2.45, 2.75) is 25.6 Å². The number of fused-ring (bicyclic) bond motifs is 2. The Kier molecular flexibility index (Phi) is 2.19. The van der Waals surface area contributed by atoms with E-state index in [-0.39, 0.29) is 17.6 Å². The van der Waals surface area contributed by atoms with E-state index in [4.69, 9.17) is 0 Å². The topological polar surface area (TPSA) is 67.1 Å². The van der Waals surface area contributed by atoms with Gasteiger partial charge in [0.25, 0.3) is 0 Å². The van der Waals surface area contributed by atoms with Crippen LogP contribution < -0.4 is 10.7 Å². The van der Waals surface area contributed by atoms with Crippen LogP contribution in [-0.2, 0) is 0 Å². The fourth-order valence-electron chi connectivity index (χ4n) is 3.31. The van der Waals surface area contributed by atoms with Crippen LogP contribution in [-0.4, -0.2) is 26.1 Å². The quantitative estimate of drug-likeness (QED) is 0.824. The van der Waals surface area contributed by atoms with Gasteiger partial charge in [-0.1, -0.05) is 30.3 Å². The molecular weight excluding hydrogens is 252 g/mol. The molecule has 0 amide bonds. The Morgan fingerprint density at radius 2 is 2.05 bits per heavy atom. The van der Waals surface area contributed by atoms with Crippen LogP contribution in [0.5, 0.6) is 0 Å². The van der Waals surface area contributed by atoms with Crippen molar-refractivity contribution < 1.29 is 0 Å². The minimum atomic E-state index is -0.326. The van der Waals surface area contributed by atoms with E-state index in [1.54, 1.807) is 6.33 Å². The van der Waals surface area contributed by atoms with Crippen LogP contribution in [0.25, 0.3) is 0 Å². The third kappa shape index (κ3) is 1.41. The molecule has 2 aliphatic heterocycles. The Morgan fingerprint density at radius 1 is 1.25 bits per heavy atom. The lowest BCUT2D eigenvalue weighted by Gasteiger charge is -2.42. The van der Waals surface area contributed by atoms with Crippen molar-refractivity contribution in [3.05, 3.63) is 42.2 Å². The standard InChI is InChI=1S/C14H16N6/c1-9-11-12(10-6-4-3-5-7-10)20-13(15-8-16-20)17-14(11,2)19-18-9/h3-8,11-12,19H,1-2H3,(H,15,16,17)/t11-,12-,14-/m0/s1. The van der Waals surface area contributed by atoms with Gasteiger partial charge in [0, 0.05) is 5.71 Å². The van der Waals surface area contributed by atoms with Crippen LogP contribution in [0.1, 0.15) is 25.5 Å². The molecule has 0 bridgehead atoms. The second kappa shape index (κ2) is 3.82. The Balaban J connectivity index is 1.92. The highest BCUT2D eigenvalue weighted by Crippen LogP contribution is 2.42. The van der Waals surface area contributed by atoms with Gasteiger partial charge in [-0.3, -0.25) is 5.43 Å². The Hall–Kier alpha value is -2.37. The zero-order valence-corrected chi connectivity index (χ0v) is 11.4. The minimum absolute atomic E-state index is 0.0960. The van der Waals surface area contributed by atoms with E-state index in [1.807, 2.05) is 10.7 Å². The maximum absolute atomic E-state index is 4.43. The van der Waals surface area contributed by atoms with Crippen LogP contribution >= 0.6 is 0 Å². The number of aromatic nitrogens is 3. The lowest BCUT2D eigenvalue weighted by atomic mass is 9.80. The molecule has 0 radical (unpaired) electrons. The predicted octanol–water partition coefficient (Wildman–Crippen LogP) is 1.60. The zero-order chi connectivity index (χ0) is 13.7. The lowest BCUT2D eigenvalue weighted by molar-refractivity contribution is 0.262. The van der Waals surface area contributed by atoms with Crippen molar-refractivity contribution in [2.75, 3.05) is 5.32 Å². The van der Waals surface area contributed by atoms with Crippen molar-refractivity contribution in [1.82, 2.24) is 20.2 Å². The molecule has 3 atom stereocenters. The number of nitrogens with zero attached hydrogens (tertiary/aromatic N) is 4. The highest BCUT2D eigenvalue weighted by molar-refractivity contribution is 5.89. The highest BCUT2D eigenvalue weighted by atomic mass is 15.5. The molecule has 0 unspecified atom stereocenters. The molecule has 0 spiro atoms. The van der Waals surface area contributed by atoms with Crippen molar-refractivity contribution >= 4 is 11.7 Å². The van der Waals surface area contributed by atoms with Crippen molar-refractivity contribution in [2.24, 2.45) is 11.0 Å². The van der Waals surface area contributed by atoms with Gasteiger partial charge in [-0.15, -0.1) is 0 Å². The normalized spacial score (nSPS) is 30.8. The monoisotopic (exact) mass is 268 g/mol. The fourth-order valence-corrected chi connectivity index (χ4v) is 3.31. The molecule has 1 aromatic carbocycles. The van der Waals surface area contributed by atoms with Gasteiger partial charge in [-0.2, -0.15) is 15.2 Å². The van der Waals surface area contributed by atoms with E-state index in [0.717, 1.165) is 11.7 Å². The molecule has 20 heavy (non-hydrogen) atoms. The molecule has 2 aliphatic rings. The molecular formula is C14H16N6. The molecule has 0 fully saturated rings. The molecule has 0 aliphatic carbocycles. The number of benzene rings is 1. The van der Waals surface area contributed by atoms with E-state index in [2.05, 4.69) is 64.0 Å². The van der Waals surface area contributed by atoms with Gasteiger partial charge in [-0.25, -0.2) is 4.68 Å². The second-order valence-corrected chi connectivity index (χ2v) is 5.55. The second-order valence-electron chi connectivity index (χ2n) is 5.55. The molecule has 2 N–H and O–H groups in total. The number of anilines is 1. The number of hydrogen-bond acceptors (Lipinski definition) is 5. The van der Waals surface area contributed by atoms with Crippen LogP contribution in [0.4, 0.5) is 5.95 Å². The van der Waals surface area contributed by atoms with E-state index < -0.39 is 0 Å². The molecule has 4 rings (SSSR count). The molecule has 0 saturated carbocycles. The number of hydrogen-bond donors (Lipinski definition) is 2. The van der Waals surface area contributed by atoms with Crippen molar-refractivity contribution in [1.29, 1.82) is 0 Å². The summed E-state index contributed by atoms with van der Waals surface area (Å²) in [7, 11) is 0. The Bertz CT molecular complexity index is 676. The predicted molar refractivity (Wildman–Crippen MR) is 76.4 cm³/mol. The summed E-state index contributed by atoms with van der Waals surface area (Å²) in [5.41, 5.74) is 5.18. The maximum Gasteiger partial charge on any atom is 0.223 e. The van der Waals surface area contributed by atoms with Crippen molar-refractivity contribution in [3.8, 4) is 0 Å². The first-order valence-electron chi connectivity index (χ1n) is 6.73. The first-order valence-corrected chi connectivity index (χ1v) is 6.73. The summed E-state index contributed by atoms with van der Waals surface area (Å²) in [5, 5.41) is 12.2. The molecule has 0 saturated heterocycles. The fraction of sp³-hybridized carbons (Fsp3) is 0.357. The van der Waals surface area contributed by atoms with Gasteiger partial charge in [0.15, 0.2) is 0 Å². The average Bonchev–Trinajstić information content (AvgIpc) is 3.02. The number of rotatable bonds is 1. The molecule has 2 aromatic rings. The average molecular weight is 268 g/mol. The number of nitrogens with one attached hydrogen (secondary N) is 2. The van der Waals surface area contributed by atoms with E-state index >= 15 is 0 Å². The molecule has 6 heteroatoms. The summed E-state index contributed by atoms with van der Waals surface area (Å²) in [5.74, 6) is 0.967. The first kappa shape index (κ1) is 11.5. The van der Waals surface area contributed by atoms with Gasteiger partial charge in [0.05, 0.1) is 12.0 Å². The molecule has 3 heterocycles. The van der Waals surface area contributed by atoms with Crippen LogP contribution in [0.3, 0.4) is 0 Å². The Labute approximate surface area is 116 Å². The summed E-state index contributed by atoms with van der Waals surface area (Å²) in [6.45, 7) is 4.17. The molecule has 1 aromatic heterocycles. The van der Waals surface area contributed by atoms with E-state index in [9.17, 15) is 0 Å². The van der Waals surface area contributed by atoms with Crippen LogP contribution in [0, 0.1) is 5.92 Å². The lowest BCUT2D eigenvalue weighted by Crippen LogP contribution is -2.57. The third-order valence-electron chi connectivity index (χ3n) is 4.20. The third-order valence-corrected chi connectivity index (χ3v) is 4.20. The van der Waals surface area contributed by atoms with Gasteiger partial charge in [0.1, 0.15) is 12.0 Å². The summed E-state index contributed by atoms with van der Waals surface area (Å²) >= 11 is 0. The Morgan fingerprint density at radius 3 is 2.85 bits per heavy atom. The molecule has 102 valence electrons. The first-order chi connectivity index (χ1) is 9.69. The summed E-state index contributed by atoms with van der Waals surface area (Å²) in [6, 6.07) is 10.5. The summed E-state index contributed by atoms with van der Waals surface area (Å²) in [6.07, 6.45) is 1.59. The molecule has 6 nitrogen and oxygen atoms in total. The van der Waals surface area contributed by atoms with Crippen molar-refractivity contribution in [3.63, 3.8) is 0 Å². The largest absolute Gasteiger partial charge is 0.330 e. The SMILES string of the molecule is CC1=NN[C@]2(C)Nc3ncnn3[C@@H](c3ccccc3)[C@H]12. The zero-order valence-electron chi connectivity index (χ0n) is 11.4. The van der Waals surface area contributed by atoms with Gasteiger partial charge < -0.3 is 5.32 Å². The minimum Gasteiger partial charge on any atom is -0.330 e. The number of hydrazone groups is 1. The van der Waals surface area contributed by atoms with Gasteiger partial charge in [0.2, 0.25) is 5.95 Å². The van der Waals surface area contributed by atoms with Gasteiger partial charge in [-0.05, 0) is 19.4 Å². The van der Waals surface area contributed by atoms with Crippen LogP contribution in [0.15, 0.2) is 41.8 Å². The summed E-state index contributed by atoms with van der Waals surface area (Å²) < 4.78 is 1.95. The van der Waals surface area contributed by atoms with E-state index in [1.165, 1.54) is 5.56 Å². The summed E-state index contributed by atoms with van der Waals surface area (Å²) in [4.78, 5) is 4.31. The highest BCUT2D eigenvalue weighted by Gasteiger charge is 2.51.